The van der Waals surface area contributed by atoms with Crippen molar-refractivity contribution >= 4 is 15.6 Å². The highest BCUT2D eigenvalue weighted by Gasteiger charge is 2.31. The van der Waals surface area contributed by atoms with Gasteiger partial charge in [0.15, 0.2) is 0 Å². The van der Waals surface area contributed by atoms with Gasteiger partial charge in [-0.2, -0.15) is 0 Å². The van der Waals surface area contributed by atoms with Crippen molar-refractivity contribution in [2.24, 2.45) is 10.6 Å². The smallest absolute Gasteiger partial charge is 0.225 e. The Morgan fingerprint density at radius 3 is 2.35 bits per heavy atom. The number of hydrogen-bond acceptors (Lipinski definition) is 2. The van der Waals surface area contributed by atoms with Crippen LogP contribution in [0.4, 0.5) is 0 Å². The van der Waals surface area contributed by atoms with E-state index in [1.165, 1.54) is 16.7 Å². The Bertz CT molecular complexity index is 921. The van der Waals surface area contributed by atoms with Crippen LogP contribution in [0, 0.1) is 17.8 Å². The molecule has 0 heterocycles. The van der Waals surface area contributed by atoms with Crippen LogP contribution < -0.4 is 5.14 Å². The van der Waals surface area contributed by atoms with Crippen molar-refractivity contribution < 1.29 is 8.42 Å². The Hall–Kier alpha value is -2.09. The van der Waals surface area contributed by atoms with Crippen molar-refractivity contribution in [3.05, 3.63) is 58.7 Å². The van der Waals surface area contributed by atoms with Gasteiger partial charge < -0.3 is 0 Å². The molecule has 1 aromatic rings. The van der Waals surface area contributed by atoms with Crippen molar-refractivity contribution in [1.82, 2.24) is 0 Å². The summed E-state index contributed by atoms with van der Waals surface area (Å²) in [5.41, 5.74) is 6.05. The SMILES string of the molecule is C#C/C(C)=C\C/C=C(\C)C1=C(c2ccc(S(N)(=O)=O)cc2)CC(C)(C)C1. The third kappa shape index (κ3) is 4.97. The van der Waals surface area contributed by atoms with Gasteiger partial charge in [-0.1, -0.05) is 49.6 Å². The molecule has 2 N–H and O–H groups in total. The van der Waals surface area contributed by atoms with Crippen LogP contribution in [-0.4, -0.2) is 8.42 Å². The molecule has 1 aliphatic carbocycles. The molecule has 0 atom stereocenters. The first-order valence-electron chi connectivity index (χ1n) is 8.69. The number of allylic oxidation sites excluding steroid dienone is 6. The van der Waals surface area contributed by atoms with E-state index in [4.69, 9.17) is 11.6 Å². The summed E-state index contributed by atoms with van der Waals surface area (Å²) in [7, 11) is -3.67. The van der Waals surface area contributed by atoms with E-state index >= 15 is 0 Å². The van der Waals surface area contributed by atoms with E-state index in [0.29, 0.717) is 0 Å². The molecule has 2 rings (SSSR count). The third-order valence-corrected chi connectivity index (χ3v) is 5.69. The molecule has 0 unspecified atom stereocenters. The van der Waals surface area contributed by atoms with E-state index in [9.17, 15) is 8.42 Å². The van der Waals surface area contributed by atoms with E-state index in [1.807, 2.05) is 25.1 Å². The average Bonchev–Trinajstić information content (AvgIpc) is 2.89. The molecule has 3 nitrogen and oxygen atoms in total. The van der Waals surface area contributed by atoms with E-state index in [0.717, 1.165) is 30.4 Å². The second-order valence-corrected chi connectivity index (χ2v) is 9.26. The summed E-state index contributed by atoms with van der Waals surface area (Å²) in [5.74, 6) is 2.63. The zero-order valence-corrected chi connectivity index (χ0v) is 16.8. The van der Waals surface area contributed by atoms with E-state index in [-0.39, 0.29) is 10.3 Å². The largest absolute Gasteiger partial charge is 0.238 e. The Morgan fingerprint density at radius 1 is 1.19 bits per heavy atom. The molecular weight excluding hydrogens is 342 g/mol. The Kier molecular flexibility index (Phi) is 5.95. The van der Waals surface area contributed by atoms with Gasteiger partial charge in [-0.25, -0.2) is 13.6 Å². The van der Waals surface area contributed by atoms with Gasteiger partial charge in [0.1, 0.15) is 0 Å². The van der Waals surface area contributed by atoms with Crippen molar-refractivity contribution in [2.45, 2.75) is 51.9 Å². The van der Waals surface area contributed by atoms with Crippen LogP contribution in [-0.2, 0) is 10.0 Å². The van der Waals surface area contributed by atoms with Crippen molar-refractivity contribution in [3.8, 4) is 12.3 Å². The second kappa shape index (κ2) is 7.65. The predicted octanol–water partition coefficient (Wildman–Crippen LogP) is 4.82. The molecule has 26 heavy (non-hydrogen) atoms. The number of sulfonamides is 1. The van der Waals surface area contributed by atoms with Crippen LogP contribution in [0.25, 0.3) is 5.57 Å². The minimum Gasteiger partial charge on any atom is -0.225 e. The van der Waals surface area contributed by atoms with Crippen LogP contribution in [0.15, 0.2) is 58.0 Å². The lowest BCUT2D eigenvalue weighted by Gasteiger charge is -2.17. The summed E-state index contributed by atoms with van der Waals surface area (Å²) >= 11 is 0. The molecule has 0 fully saturated rings. The van der Waals surface area contributed by atoms with Gasteiger partial charge in [0.05, 0.1) is 4.90 Å². The van der Waals surface area contributed by atoms with Gasteiger partial charge in [-0.05, 0) is 72.9 Å². The highest BCUT2D eigenvalue weighted by Crippen LogP contribution is 2.48. The molecule has 0 saturated carbocycles. The van der Waals surface area contributed by atoms with Gasteiger partial charge in [0, 0.05) is 0 Å². The fourth-order valence-electron chi connectivity index (χ4n) is 3.33. The van der Waals surface area contributed by atoms with E-state index in [2.05, 4.69) is 32.8 Å². The van der Waals surface area contributed by atoms with Crippen LogP contribution in [0.3, 0.4) is 0 Å². The molecule has 0 aromatic heterocycles. The van der Waals surface area contributed by atoms with Crippen LogP contribution in [0.2, 0.25) is 0 Å². The van der Waals surface area contributed by atoms with Gasteiger partial charge in [0.2, 0.25) is 10.0 Å². The molecular formula is C22H27NO2S. The average molecular weight is 370 g/mol. The summed E-state index contributed by atoms with van der Waals surface area (Å²) in [6.07, 6.45) is 12.4. The number of nitrogens with two attached hydrogens (primary N) is 1. The molecule has 0 saturated heterocycles. The number of rotatable bonds is 5. The first-order valence-corrected chi connectivity index (χ1v) is 10.2. The highest BCUT2D eigenvalue weighted by molar-refractivity contribution is 7.89. The van der Waals surface area contributed by atoms with Crippen LogP contribution in [0.5, 0.6) is 0 Å². The highest BCUT2D eigenvalue weighted by atomic mass is 32.2. The molecule has 0 spiro atoms. The lowest BCUT2D eigenvalue weighted by molar-refractivity contribution is 0.398. The molecule has 0 amide bonds. The minimum absolute atomic E-state index is 0.141. The molecule has 1 aliphatic rings. The van der Waals surface area contributed by atoms with E-state index in [1.54, 1.807) is 12.1 Å². The number of primary sulfonamides is 1. The fraction of sp³-hybridized carbons (Fsp3) is 0.364. The van der Waals surface area contributed by atoms with E-state index < -0.39 is 10.0 Å². The lowest BCUT2D eigenvalue weighted by Crippen LogP contribution is -2.11. The van der Waals surface area contributed by atoms with Gasteiger partial charge in [-0.15, -0.1) is 6.42 Å². The Balaban J connectivity index is 2.39. The molecule has 1 aromatic carbocycles. The topological polar surface area (TPSA) is 60.2 Å². The first-order chi connectivity index (χ1) is 12.0. The standard InChI is InChI=1S/C22H27NO2S/c1-6-16(2)8-7-9-17(3)20-14-22(4,5)15-21(20)18-10-12-19(13-11-18)26(23,24)25/h1,8-13H,7,14-15H2,2-5H3,(H2,23,24,25)/b16-8-,17-9+. The summed E-state index contributed by atoms with van der Waals surface area (Å²) in [4.78, 5) is 0.141. The third-order valence-electron chi connectivity index (χ3n) is 4.76. The normalized spacial score (nSPS) is 18.2. The Labute approximate surface area is 157 Å². The summed E-state index contributed by atoms with van der Waals surface area (Å²) in [6.45, 7) is 8.58. The Morgan fingerprint density at radius 2 is 1.81 bits per heavy atom. The predicted molar refractivity (Wildman–Crippen MR) is 109 cm³/mol. The molecule has 0 radical (unpaired) electrons. The second-order valence-electron chi connectivity index (χ2n) is 7.70. The van der Waals surface area contributed by atoms with Crippen molar-refractivity contribution in [3.63, 3.8) is 0 Å². The van der Waals surface area contributed by atoms with Gasteiger partial charge >= 0.3 is 0 Å². The maximum absolute atomic E-state index is 11.5. The zero-order chi connectivity index (χ0) is 19.5. The zero-order valence-electron chi connectivity index (χ0n) is 16.0. The number of benzene rings is 1. The molecule has 0 aliphatic heterocycles. The fourth-order valence-corrected chi connectivity index (χ4v) is 3.84. The maximum atomic E-state index is 11.5. The summed E-state index contributed by atoms with van der Waals surface area (Å²) in [6, 6.07) is 6.87. The minimum atomic E-state index is -3.67. The summed E-state index contributed by atoms with van der Waals surface area (Å²) in [5, 5.41) is 5.20. The lowest BCUT2D eigenvalue weighted by atomic mass is 9.87. The molecule has 138 valence electrons. The molecule has 4 heteroatoms. The van der Waals surface area contributed by atoms with Gasteiger partial charge in [0.25, 0.3) is 0 Å². The van der Waals surface area contributed by atoms with Crippen molar-refractivity contribution in [2.75, 3.05) is 0 Å². The number of hydrogen-bond donors (Lipinski definition) is 1. The number of terminal acetylenes is 1. The first kappa shape index (κ1) is 20.2. The van der Waals surface area contributed by atoms with Crippen molar-refractivity contribution in [1.29, 1.82) is 0 Å². The maximum Gasteiger partial charge on any atom is 0.238 e. The van der Waals surface area contributed by atoms with Gasteiger partial charge in [-0.3, -0.25) is 0 Å². The molecule has 0 bridgehead atoms. The summed E-state index contributed by atoms with van der Waals surface area (Å²) < 4.78 is 23.0. The van der Waals surface area contributed by atoms with Crippen LogP contribution >= 0.6 is 0 Å². The quantitative estimate of drug-likeness (QED) is 0.756. The monoisotopic (exact) mass is 369 g/mol. The van der Waals surface area contributed by atoms with Crippen LogP contribution in [0.1, 0.15) is 52.5 Å².